The first-order chi connectivity index (χ1) is 8.57. The number of aliphatic hydroxyl groups is 1. The van der Waals surface area contributed by atoms with Crippen LogP contribution in [0.5, 0.6) is 0 Å². The quantitative estimate of drug-likeness (QED) is 0.775. The number of rotatable bonds is 1. The lowest BCUT2D eigenvalue weighted by Crippen LogP contribution is -2.46. The van der Waals surface area contributed by atoms with Gasteiger partial charge < -0.3 is 15.7 Å². The number of nitrogens with two attached hydrogens (primary N) is 1. The number of aromatic nitrogens is 1. The van der Waals surface area contributed by atoms with Crippen LogP contribution in [0, 0.1) is 0 Å². The molecule has 1 unspecified atom stereocenters. The molecule has 0 bridgehead atoms. The van der Waals surface area contributed by atoms with Gasteiger partial charge in [-0.2, -0.15) is 0 Å². The summed E-state index contributed by atoms with van der Waals surface area (Å²) in [6.45, 7) is 3.46. The van der Waals surface area contributed by atoms with Crippen LogP contribution in [0.15, 0.2) is 17.6 Å². The van der Waals surface area contributed by atoms with Gasteiger partial charge in [-0.1, -0.05) is 0 Å². The topological polar surface area (TPSA) is 62.4 Å². The standard InChI is InChI=1S/C13H17N3OS/c1-13(17)5-2-6-16(7-13)9-3-4-10-12(11(9)14)15-8-18-10/h3-4,8,17H,2,5-7,14H2,1H3. The Bertz CT molecular complexity index is 579. The molecule has 96 valence electrons. The van der Waals surface area contributed by atoms with E-state index >= 15 is 0 Å². The normalized spacial score (nSPS) is 24.7. The van der Waals surface area contributed by atoms with Crippen LogP contribution < -0.4 is 10.6 Å². The van der Waals surface area contributed by atoms with Gasteiger partial charge >= 0.3 is 0 Å². The minimum Gasteiger partial charge on any atom is -0.395 e. The lowest BCUT2D eigenvalue weighted by Gasteiger charge is -2.38. The summed E-state index contributed by atoms with van der Waals surface area (Å²) < 4.78 is 1.11. The second-order valence-electron chi connectivity index (χ2n) is 5.22. The third-order valence-electron chi connectivity index (χ3n) is 3.53. The number of nitrogens with zero attached hydrogens (tertiary/aromatic N) is 2. The molecule has 1 aromatic heterocycles. The lowest BCUT2D eigenvalue weighted by atomic mass is 9.94. The van der Waals surface area contributed by atoms with Gasteiger partial charge in [0.2, 0.25) is 0 Å². The molecular formula is C13H17N3OS. The van der Waals surface area contributed by atoms with Crippen LogP contribution in [0.25, 0.3) is 10.2 Å². The van der Waals surface area contributed by atoms with Gasteiger partial charge in [0.15, 0.2) is 0 Å². The Morgan fingerprint density at radius 1 is 1.50 bits per heavy atom. The molecule has 1 aliphatic rings. The fraction of sp³-hybridized carbons (Fsp3) is 0.462. The monoisotopic (exact) mass is 263 g/mol. The number of anilines is 2. The number of fused-ring (bicyclic) bond motifs is 1. The number of piperidine rings is 1. The minimum absolute atomic E-state index is 0.623. The van der Waals surface area contributed by atoms with Gasteiger partial charge in [0.05, 0.1) is 27.2 Å². The first-order valence-corrected chi connectivity index (χ1v) is 7.04. The molecule has 0 spiro atoms. The fourth-order valence-electron chi connectivity index (χ4n) is 2.64. The first kappa shape index (κ1) is 11.7. The molecule has 2 aromatic rings. The Balaban J connectivity index is 2.01. The van der Waals surface area contributed by atoms with Crippen LogP contribution in [0.1, 0.15) is 19.8 Å². The van der Waals surface area contributed by atoms with Crippen molar-refractivity contribution < 1.29 is 5.11 Å². The average molecular weight is 263 g/mol. The van der Waals surface area contributed by atoms with E-state index in [1.165, 1.54) is 0 Å². The van der Waals surface area contributed by atoms with Crippen molar-refractivity contribution in [3.05, 3.63) is 17.6 Å². The van der Waals surface area contributed by atoms with Crippen LogP contribution in [0.2, 0.25) is 0 Å². The number of nitrogen functional groups attached to an aromatic ring is 1. The van der Waals surface area contributed by atoms with Crippen molar-refractivity contribution >= 4 is 32.9 Å². The van der Waals surface area contributed by atoms with E-state index in [-0.39, 0.29) is 0 Å². The second kappa shape index (κ2) is 4.10. The van der Waals surface area contributed by atoms with Gasteiger partial charge in [-0.25, -0.2) is 4.98 Å². The molecule has 0 saturated carbocycles. The highest BCUT2D eigenvalue weighted by Crippen LogP contribution is 2.35. The van der Waals surface area contributed by atoms with Gasteiger partial charge in [0, 0.05) is 13.1 Å². The largest absolute Gasteiger partial charge is 0.395 e. The van der Waals surface area contributed by atoms with Gasteiger partial charge in [-0.15, -0.1) is 11.3 Å². The highest BCUT2D eigenvalue weighted by molar-refractivity contribution is 7.16. The molecule has 3 N–H and O–H groups in total. The number of β-amino-alcohol motifs (C(OH)–C–C–N with tert-alkyl or cyclic N) is 1. The van der Waals surface area contributed by atoms with Crippen molar-refractivity contribution in [1.82, 2.24) is 4.98 Å². The summed E-state index contributed by atoms with van der Waals surface area (Å²) in [5.74, 6) is 0. The summed E-state index contributed by atoms with van der Waals surface area (Å²) in [7, 11) is 0. The van der Waals surface area contributed by atoms with Crippen LogP contribution in [0.4, 0.5) is 11.4 Å². The predicted molar refractivity (Wildman–Crippen MR) is 76.1 cm³/mol. The Hall–Kier alpha value is -1.33. The van der Waals surface area contributed by atoms with Gasteiger partial charge in [-0.05, 0) is 31.9 Å². The highest BCUT2D eigenvalue weighted by atomic mass is 32.1. The van der Waals surface area contributed by atoms with E-state index in [0.717, 1.165) is 41.0 Å². The zero-order valence-corrected chi connectivity index (χ0v) is 11.2. The van der Waals surface area contributed by atoms with Crippen molar-refractivity contribution in [3.8, 4) is 0 Å². The van der Waals surface area contributed by atoms with Gasteiger partial charge in [0.25, 0.3) is 0 Å². The van der Waals surface area contributed by atoms with E-state index in [1.54, 1.807) is 11.3 Å². The van der Waals surface area contributed by atoms with Crippen molar-refractivity contribution in [1.29, 1.82) is 0 Å². The maximum atomic E-state index is 10.2. The van der Waals surface area contributed by atoms with E-state index in [9.17, 15) is 5.11 Å². The Morgan fingerprint density at radius 3 is 3.11 bits per heavy atom. The zero-order valence-electron chi connectivity index (χ0n) is 10.4. The summed E-state index contributed by atoms with van der Waals surface area (Å²) >= 11 is 1.60. The molecule has 1 aromatic carbocycles. The lowest BCUT2D eigenvalue weighted by molar-refractivity contribution is 0.0450. The SMILES string of the molecule is CC1(O)CCCN(c2ccc3scnc3c2N)C1. The number of hydrogen-bond donors (Lipinski definition) is 2. The molecule has 4 nitrogen and oxygen atoms in total. The molecule has 1 aliphatic heterocycles. The molecule has 2 heterocycles. The van der Waals surface area contributed by atoms with Crippen LogP contribution in [-0.2, 0) is 0 Å². The summed E-state index contributed by atoms with van der Waals surface area (Å²) in [6.07, 6.45) is 1.84. The molecule has 0 radical (unpaired) electrons. The Morgan fingerprint density at radius 2 is 2.33 bits per heavy atom. The van der Waals surface area contributed by atoms with E-state index in [0.29, 0.717) is 6.54 Å². The Kier molecular flexibility index (Phi) is 2.68. The van der Waals surface area contributed by atoms with Crippen LogP contribution in [0.3, 0.4) is 0 Å². The summed E-state index contributed by atoms with van der Waals surface area (Å²) in [5.41, 5.74) is 10.00. The number of hydrogen-bond acceptors (Lipinski definition) is 5. The van der Waals surface area contributed by atoms with Crippen LogP contribution in [-0.4, -0.2) is 28.8 Å². The van der Waals surface area contributed by atoms with E-state index in [1.807, 2.05) is 18.5 Å². The number of benzene rings is 1. The maximum absolute atomic E-state index is 10.2. The second-order valence-corrected chi connectivity index (χ2v) is 6.11. The van der Waals surface area contributed by atoms with Crippen molar-refractivity contribution in [2.75, 3.05) is 23.7 Å². The maximum Gasteiger partial charge on any atom is 0.106 e. The van der Waals surface area contributed by atoms with E-state index in [2.05, 4.69) is 16.0 Å². The average Bonchev–Trinajstić information content (AvgIpc) is 2.77. The summed E-state index contributed by atoms with van der Waals surface area (Å²) in [6, 6.07) is 4.10. The van der Waals surface area contributed by atoms with Crippen molar-refractivity contribution in [2.45, 2.75) is 25.4 Å². The third-order valence-corrected chi connectivity index (χ3v) is 4.33. The fourth-order valence-corrected chi connectivity index (χ4v) is 3.34. The molecule has 5 heteroatoms. The summed E-state index contributed by atoms with van der Waals surface area (Å²) in [5, 5.41) is 10.2. The molecule has 3 rings (SSSR count). The van der Waals surface area contributed by atoms with Crippen LogP contribution >= 0.6 is 11.3 Å². The van der Waals surface area contributed by atoms with Crippen molar-refractivity contribution in [3.63, 3.8) is 0 Å². The third kappa shape index (κ3) is 1.93. The molecule has 1 atom stereocenters. The molecule has 0 amide bonds. The minimum atomic E-state index is -0.623. The van der Waals surface area contributed by atoms with E-state index < -0.39 is 5.60 Å². The van der Waals surface area contributed by atoms with E-state index in [4.69, 9.17) is 5.73 Å². The van der Waals surface area contributed by atoms with Gasteiger partial charge in [-0.3, -0.25) is 0 Å². The molecule has 1 fully saturated rings. The molecule has 18 heavy (non-hydrogen) atoms. The van der Waals surface area contributed by atoms with Crippen molar-refractivity contribution in [2.24, 2.45) is 0 Å². The molecule has 0 aliphatic carbocycles. The summed E-state index contributed by atoms with van der Waals surface area (Å²) in [4.78, 5) is 6.48. The highest BCUT2D eigenvalue weighted by Gasteiger charge is 2.29. The molecule has 1 saturated heterocycles. The predicted octanol–water partition coefficient (Wildman–Crippen LogP) is 2.23. The Labute approximate surface area is 110 Å². The zero-order chi connectivity index (χ0) is 12.8. The smallest absolute Gasteiger partial charge is 0.106 e. The van der Waals surface area contributed by atoms with Gasteiger partial charge in [0.1, 0.15) is 5.52 Å². The molecular weight excluding hydrogens is 246 g/mol. The first-order valence-electron chi connectivity index (χ1n) is 6.16. The number of thiazole rings is 1.